The normalized spacial score (nSPS) is 19.0. The second-order valence-corrected chi connectivity index (χ2v) is 5.76. The molecule has 8 heteroatoms. The Kier molecular flexibility index (Phi) is 4.42. The fraction of sp³-hybridized carbons (Fsp3) is 0.400. The van der Waals surface area contributed by atoms with Crippen LogP contribution in [0, 0.1) is 0 Å². The number of hydrogen-bond donors (Lipinski definition) is 3. The van der Waals surface area contributed by atoms with Gasteiger partial charge in [0, 0.05) is 12.3 Å². The van der Waals surface area contributed by atoms with E-state index in [-0.39, 0.29) is 17.7 Å². The summed E-state index contributed by atoms with van der Waals surface area (Å²) in [4.78, 5) is 29.5. The molecule has 0 aliphatic carbocycles. The molecule has 3 rings (SSSR count). The average Bonchev–Trinajstić information content (AvgIpc) is 3.17. The highest BCUT2D eigenvalue weighted by Gasteiger charge is 2.37. The maximum atomic E-state index is 12.6. The Morgan fingerprint density at radius 1 is 1.48 bits per heavy atom. The minimum absolute atomic E-state index is 0.209. The number of nitrogens with zero attached hydrogens (tertiary/aromatic N) is 2. The molecule has 2 aromatic rings. The van der Waals surface area contributed by atoms with E-state index in [4.69, 9.17) is 4.42 Å². The van der Waals surface area contributed by atoms with Crippen LogP contribution in [-0.2, 0) is 9.59 Å². The first kappa shape index (κ1) is 15.7. The van der Waals surface area contributed by atoms with Gasteiger partial charge in [-0.05, 0) is 25.0 Å². The van der Waals surface area contributed by atoms with Crippen LogP contribution >= 0.6 is 12.6 Å². The Labute approximate surface area is 138 Å². The van der Waals surface area contributed by atoms with Crippen molar-refractivity contribution in [2.75, 3.05) is 17.6 Å². The van der Waals surface area contributed by atoms with Crippen LogP contribution in [0.25, 0.3) is 11.1 Å². The number of oxazole rings is 1. The van der Waals surface area contributed by atoms with Gasteiger partial charge in [0.15, 0.2) is 5.58 Å². The van der Waals surface area contributed by atoms with E-state index in [0.29, 0.717) is 30.5 Å². The van der Waals surface area contributed by atoms with Gasteiger partial charge in [-0.3, -0.25) is 4.79 Å². The number of carbonyl (C=O) groups excluding carboxylic acids is 1. The number of carboxylic acids is 1. The Morgan fingerprint density at radius 3 is 2.96 bits per heavy atom. The summed E-state index contributed by atoms with van der Waals surface area (Å²) in [6.45, 7) is 0.440. The smallest absolute Gasteiger partial charge is 0.326 e. The third-order valence-electron chi connectivity index (χ3n) is 3.89. The summed E-state index contributed by atoms with van der Waals surface area (Å²) < 4.78 is 5.54. The number of aliphatic carboxylic acids is 1. The first-order valence-electron chi connectivity index (χ1n) is 7.36. The van der Waals surface area contributed by atoms with E-state index in [1.54, 1.807) is 6.07 Å². The van der Waals surface area contributed by atoms with E-state index >= 15 is 0 Å². The van der Waals surface area contributed by atoms with Crippen LogP contribution in [0.3, 0.4) is 0 Å². The number of carbonyl (C=O) groups is 2. The predicted octanol–water partition coefficient (Wildman–Crippen LogP) is 1.61. The number of para-hydroxylation sites is 2. The summed E-state index contributed by atoms with van der Waals surface area (Å²) in [5.41, 5.74) is 1.30. The largest absolute Gasteiger partial charge is 0.480 e. The lowest BCUT2D eigenvalue weighted by molar-refractivity contribution is -0.148. The summed E-state index contributed by atoms with van der Waals surface area (Å²) in [7, 11) is 0. The lowest BCUT2D eigenvalue weighted by atomic mass is 10.2. The summed E-state index contributed by atoms with van der Waals surface area (Å²) >= 11 is 4.20. The second kappa shape index (κ2) is 6.49. The zero-order chi connectivity index (χ0) is 16.4. The standard InChI is InChI=1S/C15H17N3O4S/c19-13(18-7-3-5-11(18)14(20)21)10(8-23)17-15-16-9-4-1-2-6-12(9)22-15/h1-2,4,6,10-11,23H,3,5,7-8H2,(H,16,17)(H,20,21)/t10-,11-/m0/s1. The number of carboxylic acid groups (broad SMARTS) is 1. The van der Waals surface area contributed by atoms with Crippen LogP contribution in [0.2, 0.25) is 0 Å². The predicted molar refractivity (Wildman–Crippen MR) is 87.6 cm³/mol. The lowest BCUT2D eigenvalue weighted by Gasteiger charge is -2.26. The van der Waals surface area contributed by atoms with Crippen molar-refractivity contribution in [1.82, 2.24) is 9.88 Å². The number of nitrogens with one attached hydrogen (secondary N) is 1. The zero-order valence-electron chi connectivity index (χ0n) is 12.3. The Hall–Kier alpha value is -2.22. The molecule has 1 aliphatic heterocycles. The van der Waals surface area contributed by atoms with Gasteiger partial charge in [-0.25, -0.2) is 4.79 Å². The third kappa shape index (κ3) is 3.12. The van der Waals surface area contributed by atoms with E-state index < -0.39 is 18.1 Å². The molecule has 0 spiro atoms. The molecule has 1 fully saturated rings. The van der Waals surface area contributed by atoms with Gasteiger partial charge >= 0.3 is 5.97 Å². The fourth-order valence-corrected chi connectivity index (χ4v) is 3.00. The Morgan fingerprint density at radius 2 is 2.26 bits per heavy atom. The quantitative estimate of drug-likeness (QED) is 0.719. The molecule has 1 aliphatic rings. The van der Waals surface area contributed by atoms with Crippen molar-refractivity contribution in [2.45, 2.75) is 24.9 Å². The van der Waals surface area contributed by atoms with E-state index in [0.717, 1.165) is 0 Å². The number of fused-ring (bicyclic) bond motifs is 1. The van der Waals surface area contributed by atoms with Gasteiger partial charge in [0.2, 0.25) is 5.91 Å². The van der Waals surface area contributed by atoms with Gasteiger partial charge in [-0.15, -0.1) is 0 Å². The van der Waals surface area contributed by atoms with Gasteiger partial charge < -0.3 is 19.7 Å². The van der Waals surface area contributed by atoms with E-state index in [1.807, 2.05) is 18.2 Å². The van der Waals surface area contributed by atoms with Gasteiger partial charge in [0.1, 0.15) is 17.6 Å². The van der Waals surface area contributed by atoms with Crippen molar-refractivity contribution in [3.63, 3.8) is 0 Å². The molecule has 1 aromatic carbocycles. The highest BCUT2D eigenvalue weighted by Crippen LogP contribution is 2.22. The van der Waals surface area contributed by atoms with Gasteiger partial charge in [0.05, 0.1) is 0 Å². The number of amides is 1. The van der Waals surface area contributed by atoms with E-state index in [9.17, 15) is 14.7 Å². The van der Waals surface area contributed by atoms with Crippen molar-refractivity contribution in [2.24, 2.45) is 0 Å². The van der Waals surface area contributed by atoms with Crippen molar-refractivity contribution in [1.29, 1.82) is 0 Å². The number of benzene rings is 1. The summed E-state index contributed by atoms with van der Waals surface area (Å²) in [6, 6.07) is 6.04. The van der Waals surface area contributed by atoms with E-state index in [2.05, 4.69) is 22.9 Å². The summed E-state index contributed by atoms with van der Waals surface area (Å²) in [5, 5.41) is 12.1. The number of aromatic nitrogens is 1. The fourth-order valence-electron chi connectivity index (χ4n) is 2.76. The molecule has 0 unspecified atom stereocenters. The van der Waals surface area contributed by atoms with Crippen LogP contribution in [-0.4, -0.2) is 51.2 Å². The number of thiol groups is 1. The molecular weight excluding hydrogens is 318 g/mol. The first-order chi connectivity index (χ1) is 11.1. The van der Waals surface area contributed by atoms with Crippen LogP contribution in [0.15, 0.2) is 28.7 Å². The van der Waals surface area contributed by atoms with Crippen molar-refractivity contribution >= 4 is 41.6 Å². The highest BCUT2D eigenvalue weighted by molar-refractivity contribution is 7.80. The molecule has 7 nitrogen and oxygen atoms in total. The molecule has 0 radical (unpaired) electrons. The lowest BCUT2D eigenvalue weighted by Crippen LogP contribution is -2.48. The monoisotopic (exact) mass is 335 g/mol. The molecular formula is C15H17N3O4S. The van der Waals surface area contributed by atoms with Crippen molar-refractivity contribution in [3.05, 3.63) is 24.3 Å². The molecule has 1 saturated heterocycles. The molecule has 0 saturated carbocycles. The number of rotatable bonds is 5. The van der Waals surface area contributed by atoms with Crippen LogP contribution in [0.5, 0.6) is 0 Å². The molecule has 122 valence electrons. The number of anilines is 1. The minimum Gasteiger partial charge on any atom is -0.480 e. The maximum Gasteiger partial charge on any atom is 0.326 e. The molecule has 2 atom stereocenters. The number of likely N-dealkylation sites (tertiary alicyclic amines) is 1. The minimum atomic E-state index is -0.976. The molecule has 1 aromatic heterocycles. The summed E-state index contributed by atoms with van der Waals surface area (Å²) in [6.07, 6.45) is 1.16. The molecule has 2 heterocycles. The Bertz CT molecular complexity index is 699. The molecule has 23 heavy (non-hydrogen) atoms. The van der Waals surface area contributed by atoms with Crippen LogP contribution < -0.4 is 5.32 Å². The third-order valence-corrected chi connectivity index (χ3v) is 4.26. The topological polar surface area (TPSA) is 95.7 Å². The van der Waals surface area contributed by atoms with E-state index in [1.165, 1.54) is 4.90 Å². The van der Waals surface area contributed by atoms with Crippen molar-refractivity contribution in [3.8, 4) is 0 Å². The first-order valence-corrected chi connectivity index (χ1v) is 7.99. The van der Waals surface area contributed by atoms with Gasteiger partial charge in [-0.2, -0.15) is 17.6 Å². The van der Waals surface area contributed by atoms with Crippen molar-refractivity contribution < 1.29 is 19.1 Å². The SMILES string of the molecule is O=C(O)[C@@H]1CCCN1C(=O)[C@H](CS)Nc1nc2ccccc2o1. The second-order valence-electron chi connectivity index (χ2n) is 5.39. The van der Waals surface area contributed by atoms with Gasteiger partial charge in [0.25, 0.3) is 6.01 Å². The molecule has 0 bridgehead atoms. The highest BCUT2D eigenvalue weighted by atomic mass is 32.1. The van der Waals surface area contributed by atoms with Gasteiger partial charge in [-0.1, -0.05) is 12.1 Å². The molecule has 2 N–H and O–H groups in total. The number of hydrogen-bond acceptors (Lipinski definition) is 6. The maximum absolute atomic E-state index is 12.6. The average molecular weight is 335 g/mol. The Balaban J connectivity index is 1.76. The molecule has 1 amide bonds. The van der Waals surface area contributed by atoms with Crippen LogP contribution in [0.4, 0.5) is 6.01 Å². The summed E-state index contributed by atoms with van der Waals surface area (Å²) in [5.74, 6) is -1.07. The van der Waals surface area contributed by atoms with Crippen LogP contribution in [0.1, 0.15) is 12.8 Å². The zero-order valence-corrected chi connectivity index (χ0v) is 13.2.